The highest BCUT2D eigenvalue weighted by Crippen LogP contribution is 2.32. The number of amides is 1. The summed E-state index contributed by atoms with van der Waals surface area (Å²) in [6.45, 7) is 0.645. The van der Waals surface area contributed by atoms with Gasteiger partial charge >= 0.3 is 0 Å². The number of hydrogen-bond acceptors (Lipinski definition) is 5. The Labute approximate surface area is 96.6 Å². The van der Waals surface area contributed by atoms with Crippen LogP contribution in [0.1, 0.15) is 10.4 Å². The number of nitro benzene ring substituents is 1. The summed E-state index contributed by atoms with van der Waals surface area (Å²) in [6.07, 6.45) is -0.480. The van der Waals surface area contributed by atoms with E-state index in [-0.39, 0.29) is 11.3 Å². The summed E-state index contributed by atoms with van der Waals surface area (Å²) in [7, 11) is 0. The number of nitro groups is 1. The molecule has 0 atom stereocenters. The van der Waals surface area contributed by atoms with E-state index in [0.29, 0.717) is 18.8 Å². The largest absolute Gasteiger partial charge is 0.389 e. The molecule has 1 aliphatic rings. The zero-order chi connectivity index (χ0) is 12.6. The number of anilines is 1. The Morgan fingerprint density at radius 3 is 2.65 bits per heavy atom. The lowest BCUT2D eigenvalue weighted by molar-refractivity contribution is -0.384. The van der Waals surface area contributed by atoms with Crippen molar-refractivity contribution in [2.24, 2.45) is 5.73 Å². The van der Waals surface area contributed by atoms with Crippen LogP contribution in [0.15, 0.2) is 18.2 Å². The molecule has 1 aliphatic heterocycles. The van der Waals surface area contributed by atoms with Crippen LogP contribution in [0.2, 0.25) is 0 Å². The molecule has 0 spiro atoms. The van der Waals surface area contributed by atoms with Gasteiger partial charge in [0.25, 0.3) is 5.69 Å². The molecule has 3 N–H and O–H groups in total. The predicted molar refractivity (Wildman–Crippen MR) is 59.8 cm³/mol. The van der Waals surface area contributed by atoms with Crippen LogP contribution in [-0.4, -0.2) is 35.1 Å². The van der Waals surface area contributed by atoms with Crippen molar-refractivity contribution in [1.29, 1.82) is 0 Å². The van der Waals surface area contributed by atoms with Gasteiger partial charge in [-0.05, 0) is 12.1 Å². The minimum atomic E-state index is -0.637. The molecule has 1 heterocycles. The normalized spacial score (nSPS) is 15.5. The molecule has 90 valence electrons. The molecule has 1 amide bonds. The van der Waals surface area contributed by atoms with Gasteiger partial charge in [0.05, 0.1) is 11.0 Å². The molecule has 17 heavy (non-hydrogen) atoms. The molecule has 1 aromatic rings. The molecule has 2 rings (SSSR count). The second kappa shape index (κ2) is 4.02. The molecule has 1 fully saturated rings. The van der Waals surface area contributed by atoms with E-state index in [9.17, 15) is 20.0 Å². The molecule has 0 aliphatic carbocycles. The first-order valence-corrected chi connectivity index (χ1v) is 5.00. The third-order valence-corrected chi connectivity index (χ3v) is 2.66. The first-order valence-electron chi connectivity index (χ1n) is 5.00. The van der Waals surface area contributed by atoms with E-state index in [1.807, 2.05) is 0 Å². The maximum absolute atomic E-state index is 11.0. The van der Waals surface area contributed by atoms with Crippen LogP contribution in [-0.2, 0) is 0 Å². The maximum atomic E-state index is 11.0. The Morgan fingerprint density at radius 2 is 2.18 bits per heavy atom. The van der Waals surface area contributed by atoms with Crippen molar-refractivity contribution in [2.45, 2.75) is 6.10 Å². The molecule has 7 nitrogen and oxygen atoms in total. The van der Waals surface area contributed by atoms with Gasteiger partial charge < -0.3 is 15.7 Å². The Bertz CT molecular complexity index is 482. The number of primary amides is 1. The number of carbonyl (C=O) groups excluding carboxylic acids is 1. The summed E-state index contributed by atoms with van der Waals surface area (Å²) in [5.74, 6) is -0.637. The summed E-state index contributed by atoms with van der Waals surface area (Å²) < 4.78 is 0. The smallest absolute Gasteiger partial charge is 0.292 e. The summed E-state index contributed by atoms with van der Waals surface area (Å²) >= 11 is 0. The number of nitrogens with two attached hydrogens (primary N) is 1. The van der Waals surface area contributed by atoms with Crippen molar-refractivity contribution in [3.05, 3.63) is 33.9 Å². The van der Waals surface area contributed by atoms with Crippen molar-refractivity contribution in [2.75, 3.05) is 18.0 Å². The second-order valence-electron chi connectivity index (χ2n) is 3.88. The molecule has 0 radical (unpaired) electrons. The molecule has 0 aromatic heterocycles. The Balaban J connectivity index is 2.41. The van der Waals surface area contributed by atoms with Crippen LogP contribution in [0.3, 0.4) is 0 Å². The van der Waals surface area contributed by atoms with Crippen LogP contribution in [0.5, 0.6) is 0 Å². The minimum Gasteiger partial charge on any atom is -0.389 e. The quantitative estimate of drug-likeness (QED) is 0.562. The minimum absolute atomic E-state index is 0.0955. The van der Waals surface area contributed by atoms with Crippen LogP contribution in [0.25, 0.3) is 0 Å². The number of nitrogens with zero attached hydrogens (tertiary/aromatic N) is 2. The fourth-order valence-corrected chi connectivity index (χ4v) is 1.74. The number of aliphatic hydroxyl groups is 1. The summed E-state index contributed by atoms with van der Waals surface area (Å²) in [4.78, 5) is 23.0. The average Bonchev–Trinajstić information content (AvgIpc) is 2.23. The van der Waals surface area contributed by atoms with Gasteiger partial charge in [0.15, 0.2) is 0 Å². The first-order chi connectivity index (χ1) is 7.99. The van der Waals surface area contributed by atoms with Gasteiger partial charge in [-0.1, -0.05) is 0 Å². The van der Waals surface area contributed by atoms with Crippen LogP contribution < -0.4 is 10.6 Å². The second-order valence-corrected chi connectivity index (χ2v) is 3.88. The Hall–Kier alpha value is -2.15. The summed E-state index contributed by atoms with van der Waals surface area (Å²) in [5.41, 5.74) is 5.55. The lowest BCUT2D eigenvalue weighted by Crippen LogP contribution is -2.51. The highest BCUT2D eigenvalue weighted by molar-refractivity contribution is 5.94. The van der Waals surface area contributed by atoms with E-state index in [1.165, 1.54) is 18.2 Å². The van der Waals surface area contributed by atoms with E-state index < -0.39 is 16.9 Å². The zero-order valence-corrected chi connectivity index (χ0v) is 8.87. The number of carbonyl (C=O) groups is 1. The molecular formula is C10H11N3O4. The van der Waals surface area contributed by atoms with E-state index in [4.69, 9.17) is 5.73 Å². The van der Waals surface area contributed by atoms with Crippen LogP contribution in [0, 0.1) is 10.1 Å². The standard InChI is InChI=1S/C10H11N3O4/c11-10(15)6-1-2-8(13(16)17)9(3-6)12-4-7(14)5-12/h1-3,7,14H,4-5H2,(H2,11,15). The highest BCUT2D eigenvalue weighted by atomic mass is 16.6. The Morgan fingerprint density at radius 1 is 1.53 bits per heavy atom. The molecule has 1 saturated heterocycles. The van der Waals surface area contributed by atoms with E-state index in [1.54, 1.807) is 4.90 Å². The predicted octanol–water partition coefficient (Wildman–Crippen LogP) is -0.125. The number of aliphatic hydroxyl groups excluding tert-OH is 1. The van der Waals surface area contributed by atoms with Crippen molar-refractivity contribution < 1.29 is 14.8 Å². The van der Waals surface area contributed by atoms with Crippen molar-refractivity contribution >= 4 is 17.3 Å². The van der Waals surface area contributed by atoms with E-state index >= 15 is 0 Å². The zero-order valence-electron chi connectivity index (χ0n) is 8.87. The summed E-state index contributed by atoms with van der Waals surface area (Å²) in [5, 5.41) is 20.0. The van der Waals surface area contributed by atoms with Crippen LogP contribution >= 0.6 is 0 Å². The topological polar surface area (TPSA) is 110 Å². The number of β-amino-alcohol motifs (C(OH)–C–C–N with tert-alkyl or cyclic N) is 1. The monoisotopic (exact) mass is 237 g/mol. The van der Waals surface area contributed by atoms with Gasteiger partial charge in [0, 0.05) is 24.7 Å². The van der Waals surface area contributed by atoms with E-state index in [0.717, 1.165) is 0 Å². The third-order valence-electron chi connectivity index (χ3n) is 2.66. The van der Waals surface area contributed by atoms with Crippen molar-refractivity contribution in [3.63, 3.8) is 0 Å². The van der Waals surface area contributed by atoms with Gasteiger partial charge in [-0.2, -0.15) is 0 Å². The number of rotatable bonds is 3. The molecule has 0 unspecified atom stereocenters. The molecule has 0 bridgehead atoms. The van der Waals surface area contributed by atoms with Crippen LogP contribution in [0.4, 0.5) is 11.4 Å². The highest BCUT2D eigenvalue weighted by Gasteiger charge is 2.30. The number of benzene rings is 1. The van der Waals surface area contributed by atoms with Gasteiger partial charge in [-0.15, -0.1) is 0 Å². The van der Waals surface area contributed by atoms with Gasteiger partial charge in [-0.25, -0.2) is 0 Å². The molecular weight excluding hydrogens is 226 g/mol. The fraction of sp³-hybridized carbons (Fsp3) is 0.300. The van der Waals surface area contributed by atoms with Gasteiger partial charge in [-0.3, -0.25) is 14.9 Å². The number of hydrogen-bond donors (Lipinski definition) is 2. The van der Waals surface area contributed by atoms with Gasteiger partial charge in [0.1, 0.15) is 5.69 Å². The molecule has 1 aromatic carbocycles. The van der Waals surface area contributed by atoms with Crippen molar-refractivity contribution in [3.8, 4) is 0 Å². The SMILES string of the molecule is NC(=O)c1ccc([N+](=O)[O-])c(N2CC(O)C2)c1. The lowest BCUT2D eigenvalue weighted by Gasteiger charge is -2.37. The Kier molecular flexibility index (Phi) is 2.68. The van der Waals surface area contributed by atoms with E-state index in [2.05, 4.69) is 0 Å². The molecule has 7 heteroatoms. The maximum Gasteiger partial charge on any atom is 0.292 e. The van der Waals surface area contributed by atoms with Gasteiger partial charge in [0.2, 0.25) is 5.91 Å². The third kappa shape index (κ3) is 2.04. The lowest BCUT2D eigenvalue weighted by atomic mass is 10.1. The summed E-state index contributed by atoms with van der Waals surface area (Å²) in [6, 6.07) is 3.95. The first kappa shape index (κ1) is 11.3. The fourth-order valence-electron chi connectivity index (χ4n) is 1.74. The molecule has 0 saturated carbocycles. The average molecular weight is 237 g/mol. The van der Waals surface area contributed by atoms with Crippen molar-refractivity contribution in [1.82, 2.24) is 0 Å².